The Balaban J connectivity index is 2.54. The van der Waals surface area contributed by atoms with Gasteiger partial charge in [-0.15, -0.1) is 0 Å². The number of hydrogen-bond donors (Lipinski definition) is 1. The van der Waals surface area contributed by atoms with Crippen molar-refractivity contribution < 1.29 is 22.3 Å². The van der Waals surface area contributed by atoms with E-state index in [9.17, 15) is 17.6 Å². The summed E-state index contributed by atoms with van der Waals surface area (Å²) in [4.78, 5) is 0. The number of anilines is 1. The number of hydrogen-bond acceptors (Lipinski definition) is 2. The smallest absolute Gasteiger partial charge is 0.324 e. The Morgan fingerprint density at radius 1 is 1.25 bits per heavy atom. The highest BCUT2D eigenvalue weighted by Gasteiger charge is 2.40. The van der Waals surface area contributed by atoms with Crippen LogP contribution in [0.25, 0.3) is 0 Å². The van der Waals surface area contributed by atoms with Gasteiger partial charge < -0.3 is 10.1 Å². The van der Waals surface area contributed by atoms with E-state index in [4.69, 9.17) is 4.74 Å². The topological polar surface area (TPSA) is 21.3 Å². The van der Waals surface area contributed by atoms with Gasteiger partial charge in [-0.05, 0) is 24.3 Å². The highest BCUT2D eigenvalue weighted by Crippen LogP contribution is 2.23. The quantitative estimate of drug-likeness (QED) is 0.795. The average molecular weight is 237 g/mol. The standard InChI is InChI=1S/C10H11F4NO/c1-16-8-4-2-7(3-5-8)15-6-10(13,14)9(11)12/h2-5,9,15H,6H2,1H3. The summed E-state index contributed by atoms with van der Waals surface area (Å²) >= 11 is 0. The SMILES string of the molecule is COc1ccc(NCC(F)(F)C(F)F)cc1. The molecule has 0 heterocycles. The number of benzene rings is 1. The number of alkyl halides is 4. The molecule has 0 fully saturated rings. The molecule has 0 saturated heterocycles. The van der Waals surface area contributed by atoms with Crippen LogP contribution in [0.4, 0.5) is 23.2 Å². The molecule has 1 aromatic carbocycles. The summed E-state index contributed by atoms with van der Waals surface area (Å²) in [6.45, 7) is -1.10. The third-order valence-electron chi connectivity index (χ3n) is 1.94. The van der Waals surface area contributed by atoms with E-state index in [1.54, 1.807) is 12.1 Å². The number of rotatable bonds is 5. The summed E-state index contributed by atoms with van der Waals surface area (Å²) in [5, 5.41) is 2.23. The van der Waals surface area contributed by atoms with E-state index < -0.39 is 18.9 Å². The van der Waals surface area contributed by atoms with Crippen molar-refractivity contribution in [2.45, 2.75) is 12.3 Å². The maximum Gasteiger partial charge on any atom is 0.324 e. The molecule has 0 aliphatic rings. The molecule has 1 rings (SSSR count). The van der Waals surface area contributed by atoms with Crippen LogP contribution in [0.1, 0.15) is 0 Å². The number of ether oxygens (including phenoxy) is 1. The molecule has 0 aliphatic heterocycles. The molecule has 0 radical (unpaired) electrons. The van der Waals surface area contributed by atoms with E-state index in [0.29, 0.717) is 11.4 Å². The Hall–Kier alpha value is -1.46. The Kier molecular flexibility index (Phi) is 3.98. The second kappa shape index (κ2) is 5.05. The first-order valence-electron chi connectivity index (χ1n) is 4.49. The third-order valence-corrected chi connectivity index (χ3v) is 1.94. The van der Waals surface area contributed by atoms with Gasteiger partial charge in [0.2, 0.25) is 0 Å². The van der Waals surface area contributed by atoms with Crippen molar-refractivity contribution in [3.8, 4) is 5.75 Å². The van der Waals surface area contributed by atoms with Gasteiger partial charge in [-0.3, -0.25) is 0 Å². The van der Waals surface area contributed by atoms with Crippen LogP contribution in [-0.2, 0) is 0 Å². The fourth-order valence-electron chi connectivity index (χ4n) is 1.01. The molecule has 1 N–H and O–H groups in total. The van der Waals surface area contributed by atoms with Crippen LogP contribution in [-0.4, -0.2) is 26.0 Å². The largest absolute Gasteiger partial charge is 0.497 e. The summed E-state index contributed by atoms with van der Waals surface area (Å²) in [5.41, 5.74) is 0.334. The van der Waals surface area contributed by atoms with Crippen LogP contribution in [0.15, 0.2) is 24.3 Å². The highest BCUT2D eigenvalue weighted by molar-refractivity contribution is 5.46. The average Bonchev–Trinajstić information content (AvgIpc) is 2.27. The highest BCUT2D eigenvalue weighted by atomic mass is 19.3. The number of halogens is 4. The molecule has 0 spiro atoms. The molecule has 0 atom stereocenters. The molecular formula is C10H11F4NO. The Morgan fingerprint density at radius 2 is 1.81 bits per heavy atom. The zero-order valence-electron chi connectivity index (χ0n) is 8.51. The second-order valence-electron chi connectivity index (χ2n) is 3.14. The van der Waals surface area contributed by atoms with Crippen LogP contribution in [0.3, 0.4) is 0 Å². The summed E-state index contributed by atoms with van der Waals surface area (Å²) in [7, 11) is 1.47. The molecule has 0 amide bonds. The van der Waals surface area contributed by atoms with Crippen molar-refractivity contribution in [2.75, 3.05) is 19.0 Å². The zero-order chi connectivity index (χ0) is 12.2. The van der Waals surface area contributed by atoms with Gasteiger partial charge in [0.25, 0.3) is 0 Å². The molecule has 2 nitrogen and oxygen atoms in total. The first-order chi connectivity index (χ1) is 7.45. The third kappa shape index (κ3) is 3.29. The molecule has 1 aromatic rings. The lowest BCUT2D eigenvalue weighted by Gasteiger charge is -2.16. The molecule has 90 valence electrons. The van der Waals surface area contributed by atoms with Gasteiger partial charge in [-0.2, -0.15) is 8.78 Å². The minimum atomic E-state index is -4.03. The van der Waals surface area contributed by atoms with Gasteiger partial charge in [0, 0.05) is 5.69 Å². The second-order valence-corrected chi connectivity index (χ2v) is 3.14. The predicted octanol–water partition coefficient (Wildman–Crippen LogP) is 3.01. The lowest BCUT2D eigenvalue weighted by atomic mass is 10.3. The van der Waals surface area contributed by atoms with Crippen LogP contribution in [0.2, 0.25) is 0 Å². The van der Waals surface area contributed by atoms with Crippen molar-refractivity contribution in [1.82, 2.24) is 0 Å². The first kappa shape index (κ1) is 12.6. The van der Waals surface area contributed by atoms with Gasteiger partial charge in [0.05, 0.1) is 13.7 Å². The first-order valence-corrected chi connectivity index (χ1v) is 4.49. The zero-order valence-corrected chi connectivity index (χ0v) is 8.51. The summed E-state index contributed by atoms with van der Waals surface area (Å²) in [6, 6.07) is 6.03. The van der Waals surface area contributed by atoms with E-state index in [-0.39, 0.29) is 0 Å². The molecular weight excluding hydrogens is 226 g/mol. The maximum absolute atomic E-state index is 12.5. The van der Waals surface area contributed by atoms with Crippen molar-refractivity contribution in [3.63, 3.8) is 0 Å². The van der Waals surface area contributed by atoms with Gasteiger partial charge in [0.15, 0.2) is 0 Å². The summed E-state index contributed by atoms with van der Waals surface area (Å²) in [6.07, 6.45) is -3.67. The Labute approximate surface area is 90.2 Å². The fraction of sp³-hybridized carbons (Fsp3) is 0.400. The van der Waals surface area contributed by atoms with Crippen LogP contribution in [0.5, 0.6) is 5.75 Å². The summed E-state index contributed by atoms with van der Waals surface area (Å²) in [5.74, 6) is -3.47. The molecule has 0 aromatic heterocycles. The van der Waals surface area contributed by atoms with Gasteiger partial charge in [-0.1, -0.05) is 0 Å². The molecule has 0 aliphatic carbocycles. The minimum Gasteiger partial charge on any atom is -0.497 e. The van der Waals surface area contributed by atoms with Gasteiger partial charge in [0.1, 0.15) is 5.75 Å². The lowest BCUT2D eigenvalue weighted by Crippen LogP contribution is -2.34. The minimum absolute atomic E-state index is 0.334. The van der Waals surface area contributed by atoms with E-state index in [1.165, 1.54) is 19.2 Å². The van der Waals surface area contributed by atoms with Gasteiger partial charge >= 0.3 is 12.3 Å². The van der Waals surface area contributed by atoms with E-state index in [2.05, 4.69) is 5.32 Å². The van der Waals surface area contributed by atoms with E-state index in [0.717, 1.165) is 0 Å². The molecule has 0 saturated carbocycles. The normalized spacial score (nSPS) is 11.6. The van der Waals surface area contributed by atoms with E-state index in [1.807, 2.05) is 0 Å². The van der Waals surface area contributed by atoms with Crippen molar-refractivity contribution in [1.29, 1.82) is 0 Å². The van der Waals surface area contributed by atoms with Crippen molar-refractivity contribution in [2.24, 2.45) is 0 Å². The van der Waals surface area contributed by atoms with Crippen LogP contribution < -0.4 is 10.1 Å². The van der Waals surface area contributed by atoms with Crippen molar-refractivity contribution in [3.05, 3.63) is 24.3 Å². The van der Waals surface area contributed by atoms with Crippen molar-refractivity contribution >= 4 is 5.69 Å². The van der Waals surface area contributed by atoms with Gasteiger partial charge in [-0.25, -0.2) is 8.78 Å². The van der Waals surface area contributed by atoms with Crippen LogP contribution >= 0.6 is 0 Å². The number of methoxy groups -OCH3 is 1. The molecule has 0 bridgehead atoms. The Bertz CT molecular complexity index is 326. The molecule has 0 unspecified atom stereocenters. The van der Waals surface area contributed by atoms with Crippen LogP contribution in [0, 0.1) is 0 Å². The fourth-order valence-corrected chi connectivity index (χ4v) is 1.01. The van der Waals surface area contributed by atoms with E-state index >= 15 is 0 Å². The Morgan fingerprint density at radius 3 is 2.25 bits per heavy atom. The number of nitrogens with one attached hydrogen (secondary N) is 1. The maximum atomic E-state index is 12.5. The summed E-state index contributed by atoms with van der Waals surface area (Å²) < 4.78 is 53.6. The molecule has 16 heavy (non-hydrogen) atoms. The lowest BCUT2D eigenvalue weighted by molar-refractivity contribution is -0.117. The monoisotopic (exact) mass is 237 g/mol. The predicted molar refractivity (Wildman–Crippen MR) is 52.4 cm³/mol. The molecule has 6 heteroatoms.